The summed E-state index contributed by atoms with van der Waals surface area (Å²) < 4.78 is 5.58. The van der Waals surface area contributed by atoms with Crippen molar-refractivity contribution in [1.29, 1.82) is 0 Å². The Bertz CT molecular complexity index is 1290. The van der Waals surface area contributed by atoms with Gasteiger partial charge in [0, 0.05) is 23.7 Å². The summed E-state index contributed by atoms with van der Waals surface area (Å²) in [7, 11) is 0. The van der Waals surface area contributed by atoms with Crippen LogP contribution in [0.4, 0.5) is 11.4 Å². The first-order valence-electron chi connectivity index (χ1n) is 11.8. The van der Waals surface area contributed by atoms with E-state index in [1.807, 2.05) is 0 Å². The van der Waals surface area contributed by atoms with Crippen LogP contribution in [0.2, 0.25) is 5.02 Å². The van der Waals surface area contributed by atoms with Crippen LogP contribution in [0.5, 0.6) is 5.75 Å². The third-order valence-corrected chi connectivity index (χ3v) is 7.91. The van der Waals surface area contributed by atoms with Gasteiger partial charge in [0.25, 0.3) is 0 Å². The number of allylic oxidation sites excluding steroid dienone is 2. The van der Waals surface area contributed by atoms with E-state index in [9.17, 15) is 19.2 Å². The summed E-state index contributed by atoms with van der Waals surface area (Å²) in [5.74, 6) is -1.49. The van der Waals surface area contributed by atoms with Gasteiger partial charge in [0.05, 0.1) is 23.4 Å². The maximum Gasteiger partial charge on any atom is 0.316 e. The minimum absolute atomic E-state index is 0.0539. The van der Waals surface area contributed by atoms with Crippen molar-refractivity contribution < 1.29 is 23.9 Å². The third-order valence-electron chi connectivity index (χ3n) is 7.68. The Hall–Kier alpha value is -3.45. The molecule has 5 atom stereocenters. The van der Waals surface area contributed by atoms with E-state index in [0.717, 1.165) is 6.42 Å². The zero-order valence-corrected chi connectivity index (χ0v) is 19.8. The third kappa shape index (κ3) is 3.48. The number of imide groups is 1. The molecule has 2 aromatic rings. The predicted molar refractivity (Wildman–Crippen MR) is 129 cm³/mol. The Labute approximate surface area is 207 Å². The SMILES string of the molecule is Cc1cc(OC(=O)[C@@H]2CC(=O)N(c3cccc(Cl)c3)C2)ccc1N1C(=O)[C@H]2[C@H](C1=O)[C@H]1C=C[C@H]2C1. The monoisotopic (exact) mass is 490 g/mol. The highest BCUT2D eigenvalue weighted by atomic mass is 35.5. The van der Waals surface area contributed by atoms with Gasteiger partial charge in [-0.3, -0.25) is 19.2 Å². The van der Waals surface area contributed by atoms with Gasteiger partial charge in [-0.25, -0.2) is 4.90 Å². The van der Waals surface area contributed by atoms with Crippen LogP contribution < -0.4 is 14.5 Å². The number of esters is 1. The van der Waals surface area contributed by atoms with Crippen molar-refractivity contribution in [3.05, 3.63) is 65.2 Å². The first-order chi connectivity index (χ1) is 16.8. The molecule has 2 saturated heterocycles. The number of aryl methyl sites for hydroxylation is 1. The van der Waals surface area contributed by atoms with Crippen molar-refractivity contribution in [2.24, 2.45) is 29.6 Å². The van der Waals surface area contributed by atoms with Crippen LogP contribution >= 0.6 is 11.6 Å². The molecule has 8 heteroatoms. The van der Waals surface area contributed by atoms with E-state index in [0.29, 0.717) is 27.7 Å². The lowest BCUT2D eigenvalue weighted by Gasteiger charge is -2.20. The molecule has 0 unspecified atom stereocenters. The van der Waals surface area contributed by atoms with Gasteiger partial charge >= 0.3 is 5.97 Å². The summed E-state index contributed by atoms with van der Waals surface area (Å²) in [6.07, 6.45) is 5.07. The average molecular weight is 491 g/mol. The molecule has 3 amide bonds. The molecule has 0 radical (unpaired) electrons. The van der Waals surface area contributed by atoms with Gasteiger partial charge in [-0.1, -0.05) is 29.8 Å². The molecule has 0 N–H and O–H groups in total. The van der Waals surface area contributed by atoms with Gasteiger partial charge < -0.3 is 9.64 Å². The van der Waals surface area contributed by atoms with Gasteiger partial charge in [0.1, 0.15) is 5.75 Å². The van der Waals surface area contributed by atoms with Crippen LogP contribution in [-0.4, -0.2) is 30.2 Å². The molecular formula is C27H23ClN2O5. The molecule has 2 aliphatic heterocycles. The highest BCUT2D eigenvalue weighted by Gasteiger charge is 2.59. The van der Waals surface area contributed by atoms with Gasteiger partial charge in [-0.15, -0.1) is 0 Å². The standard InChI is InChI=1S/C27H23ClN2O5/c1-14-9-20(35-27(34)17-11-22(31)29(13-17)19-4-2-3-18(28)12-19)7-8-21(14)30-25(32)23-15-5-6-16(10-15)24(23)26(30)33/h2-9,12,15-17,23-24H,10-11,13H2,1H3/t15-,16-,17+,23+,24+/m0/s1. The lowest BCUT2D eigenvalue weighted by atomic mass is 9.85. The summed E-state index contributed by atoms with van der Waals surface area (Å²) in [6.45, 7) is 2.00. The lowest BCUT2D eigenvalue weighted by molar-refractivity contribution is -0.139. The normalized spacial score (nSPS) is 28.9. The number of halogens is 1. The molecule has 35 heavy (non-hydrogen) atoms. The number of rotatable bonds is 4. The fourth-order valence-corrected chi connectivity index (χ4v) is 6.23. The van der Waals surface area contributed by atoms with E-state index >= 15 is 0 Å². The number of carbonyl (C=O) groups is 4. The van der Waals surface area contributed by atoms with Crippen LogP contribution in [0.1, 0.15) is 18.4 Å². The largest absolute Gasteiger partial charge is 0.426 e. The molecule has 2 aromatic carbocycles. The number of fused-ring (bicyclic) bond motifs is 5. The number of carbonyl (C=O) groups excluding carboxylic acids is 4. The molecular weight excluding hydrogens is 468 g/mol. The van der Waals surface area contributed by atoms with Crippen molar-refractivity contribution in [2.75, 3.05) is 16.3 Å². The molecule has 178 valence electrons. The maximum atomic E-state index is 13.1. The summed E-state index contributed by atoms with van der Waals surface area (Å²) in [5.41, 5.74) is 1.84. The minimum atomic E-state index is -0.606. The molecule has 7 nitrogen and oxygen atoms in total. The molecule has 4 aliphatic rings. The van der Waals surface area contributed by atoms with Crippen LogP contribution in [0.15, 0.2) is 54.6 Å². The summed E-state index contributed by atoms with van der Waals surface area (Å²) in [4.78, 5) is 54.4. The number of hydrogen-bond donors (Lipinski definition) is 0. The summed E-state index contributed by atoms with van der Waals surface area (Å²) in [5, 5.41) is 0.513. The van der Waals surface area contributed by atoms with Crippen LogP contribution in [0, 0.1) is 36.5 Å². The molecule has 6 rings (SSSR count). The van der Waals surface area contributed by atoms with Gasteiger partial charge in [-0.2, -0.15) is 0 Å². The molecule has 1 saturated carbocycles. The van der Waals surface area contributed by atoms with Gasteiger partial charge in [0.15, 0.2) is 0 Å². The second kappa shape index (κ2) is 8.05. The van der Waals surface area contributed by atoms with Crippen molar-refractivity contribution in [3.63, 3.8) is 0 Å². The molecule has 2 bridgehead atoms. The molecule has 2 heterocycles. The van der Waals surface area contributed by atoms with Crippen molar-refractivity contribution >= 4 is 46.7 Å². The number of hydrogen-bond acceptors (Lipinski definition) is 5. The zero-order valence-electron chi connectivity index (χ0n) is 19.0. The summed E-state index contributed by atoms with van der Waals surface area (Å²) >= 11 is 6.04. The van der Waals surface area contributed by atoms with E-state index in [4.69, 9.17) is 16.3 Å². The zero-order chi connectivity index (χ0) is 24.4. The molecule has 0 aromatic heterocycles. The minimum Gasteiger partial charge on any atom is -0.426 e. The smallest absolute Gasteiger partial charge is 0.316 e. The maximum absolute atomic E-state index is 13.1. The van der Waals surface area contributed by atoms with Crippen molar-refractivity contribution in [1.82, 2.24) is 0 Å². The fraction of sp³-hybridized carbons (Fsp3) is 0.333. The first-order valence-corrected chi connectivity index (χ1v) is 12.1. The predicted octanol–water partition coefficient (Wildman–Crippen LogP) is 3.92. The highest BCUT2D eigenvalue weighted by molar-refractivity contribution is 6.31. The van der Waals surface area contributed by atoms with E-state index < -0.39 is 11.9 Å². The number of amides is 3. The van der Waals surface area contributed by atoms with Crippen LogP contribution in [-0.2, 0) is 19.2 Å². The Morgan fingerprint density at radius 2 is 1.71 bits per heavy atom. The number of anilines is 2. The number of ether oxygens (including phenoxy) is 1. The Kier molecular flexibility index (Phi) is 5.07. The van der Waals surface area contributed by atoms with Gasteiger partial charge in [-0.05, 0) is 67.1 Å². The van der Waals surface area contributed by atoms with Gasteiger partial charge in [0.2, 0.25) is 17.7 Å². The van der Waals surface area contributed by atoms with E-state index in [2.05, 4.69) is 12.2 Å². The van der Waals surface area contributed by atoms with E-state index in [-0.39, 0.29) is 54.4 Å². The molecule has 2 aliphatic carbocycles. The Morgan fingerprint density at radius 1 is 1.00 bits per heavy atom. The van der Waals surface area contributed by atoms with Crippen molar-refractivity contribution in [2.45, 2.75) is 19.8 Å². The quantitative estimate of drug-likeness (QED) is 0.281. The molecule has 3 fully saturated rings. The van der Waals surface area contributed by atoms with Crippen LogP contribution in [0.3, 0.4) is 0 Å². The van der Waals surface area contributed by atoms with E-state index in [1.54, 1.807) is 49.4 Å². The number of nitrogens with zero attached hydrogens (tertiary/aromatic N) is 2. The van der Waals surface area contributed by atoms with Crippen molar-refractivity contribution in [3.8, 4) is 5.75 Å². The second-order valence-corrected chi connectivity index (χ2v) is 10.2. The lowest BCUT2D eigenvalue weighted by Crippen LogP contribution is -2.33. The fourth-order valence-electron chi connectivity index (χ4n) is 6.04. The summed E-state index contributed by atoms with van der Waals surface area (Å²) in [6, 6.07) is 11.8. The molecule has 0 spiro atoms. The highest BCUT2D eigenvalue weighted by Crippen LogP contribution is 2.53. The first kappa shape index (κ1) is 22.0. The second-order valence-electron chi connectivity index (χ2n) is 9.77. The Balaban J connectivity index is 1.16. The number of benzene rings is 2. The average Bonchev–Trinajstić information content (AvgIpc) is 3.58. The topological polar surface area (TPSA) is 84.0 Å². The van der Waals surface area contributed by atoms with Crippen LogP contribution in [0.25, 0.3) is 0 Å². The Morgan fingerprint density at radius 3 is 2.37 bits per heavy atom. The van der Waals surface area contributed by atoms with E-state index in [1.165, 1.54) is 9.80 Å².